The van der Waals surface area contributed by atoms with Gasteiger partial charge in [-0.1, -0.05) is 0 Å². The van der Waals surface area contributed by atoms with E-state index in [0.29, 0.717) is 5.69 Å². The number of imidazole rings is 1. The molecule has 27 heavy (non-hydrogen) atoms. The lowest BCUT2D eigenvalue weighted by molar-refractivity contribution is 0.0500. The average Bonchev–Trinajstić information content (AvgIpc) is 2.99. The van der Waals surface area contributed by atoms with E-state index in [1.807, 2.05) is 50.6 Å². The van der Waals surface area contributed by atoms with E-state index in [9.17, 15) is 4.79 Å². The number of benzene rings is 1. The van der Waals surface area contributed by atoms with E-state index in [-0.39, 0.29) is 12.1 Å². The van der Waals surface area contributed by atoms with Crippen molar-refractivity contribution in [2.75, 3.05) is 23.7 Å². The molecule has 0 aliphatic carbocycles. The van der Waals surface area contributed by atoms with Crippen LogP contribution in [0.25, 0.3) is 5.69 Å². The number of amides is 1. The molecule has 1 amide bonds. The molecule has 1 atom stereocenters. The number of nitrogens with zero attached hydrogens (tertiary/aromatic N) is 3. The van der Waals surface area contributed by atoms with Gasteiger partial charge in [-0.05, 0) is 58.7 Å². The maximum Gasteiger partial charge on any atom is 0.407 e. The summed E-state index contributed by atoms with van der Waals surface area (Å²) < 4.78 is 7.35. The number of aryl methyl sites for hydroxylation is 1. The Kier molecular flexibility index (Phi) is 5.30. The Morgan fingerprint density at radius 2 is 2.04 bits per heavy atom. The largest absolute Gasteiger partial charge is 0.444 e. The second kappa shape index (κ2) is 7.50. The molecule has 3 N–H and O–H groups in total. The lowest BCUT2D eigenvalue weighted by Gasteiger charge is -2.35. The van der Waals surface area contributed by atoms with Crippen molar-refractivity contribution in [3.8, 4) is 5.69 Å². The molecule has 1 aromatic carbocycles. The van der Waals surface area contributed by atoms with E-state index in [4.69, 9.17) is 10.5 Å². The number of alkyl carbamates (subject to hydrolysis) is 1. The minimum Gasteiger partial charge on any atom is -0.444 e. The van der Waals surface area contributed by atoms with Gasteiger partial charge in [-0.25, -0.2) is 9.78 Å². The summed E-state index contributed by atoms with van der Waals surface area (Å²) in [5.74, 6) is 0. The number of nitrogens with one attached hydrogen (secondary N) is 1. The van der Waals surface area contributed by atoms with Crippen LogP contribution in [0.2, 0.25) is 0 Å². The van der Waals surface area contributed by atoms with E-state index < -0.39 is 5.60 Å². The summed E-state index contributed by atoms with van der Waals surface area (Å²) in [5.41, 5.74) is 9.34. The summed E-state index contributed by atoms with van der Waals surface area (Å²) in [5, 5.41) is 2.99. The molecule has 0 spiro atoms. The van der Waals surface area contributed by atoms with Crippen LogP contribution in [0, 0.1) is 6.92 Å². The monoisotopic (exact) mass is 371 g/mol. The fourth-order valence-electron chi connectivity index (χ4n) is 3.32. The van der Waals surface area contributed by atoms with Crippen molar-refractivity contribution in [3.05, 3.63) is 36.4 Å². The van der Waals surface area contributed by atoms with Gasteiger partial charge in [0.15, 0.2) is 0 Å². The Bertz CT molecular complexity index is 809. The summed E-state index contributed by atoms with van der Waals surface area (Å²) in [6, 6.07) is 6.07. The average molecular weight is 371 g/mol. The molecule has 1 aromatic heterocycles. The lowest BCUT2D eigenvalue weighted by atomic mass is 10.0. The SMILES string of the molecule is Cc1cn(-c2cc(N)cc(N3CCC[C@H](NC(=O)OC(C)(C)C)C3)c2)cn1. The van der Waals surface area contributed by atoms with Gasteiger partial charge in [0.05, 0.1) is 17.7 Å². The van der Waals surface area contributed by atoms with Crippen LogP contribution in [0.4, 0.5) is 16.2 Å². The highest BCUT2D eigenvalue weighted by molar-refractivity contribution is 5.68. The van der Waals surface area contributed by atoms with Gasteiger partial charge < -0.3 is 25.3 Å². The summed E-state index contributed by atoms with van der Waals surface area (Å²) in [6.45, 7) is 9.22. The van der Waals surface area contributed by atoms with Crippen molar-refractivity contribution in [2.24, 2.45) is 0 Å². The minimum atomic E-state index is -0.496. The van der Waals surface area contributed by atoms with Gasteiger partial charge in [-0.2, -0.15) is 0 Å². The third kappa shape index (κ3) is 5.15. The first-order valence-corrected chi connectivity index (χ1v) is 9.35. The van der Waals surface area contributed by atoms with Crippen LogP contribution in [-0.4, -0.2) is 40.4 Å². The van der Waals surface area contributed by atoms with Crippen LogP contribution in [0.1, 0.15) is 39.3 Å². The summed E-state index contributed by atoms with van der Waals surface area (Å²) in [6.07, 6.45) is 5.33. The van der Waals surface area contributed by atoms with E-state index >= 15 is 0 Å². The standard InChI is InChI=1S/C20H29N5O2/c1-14-11-25(13-22-14)18-9-15(21)8-17(10-18)24-7-5-6-16(12-24)23-19(26)27-20(2,3)4/h8-11,13,16H,5-7,12,21H2,1-4H3,(H,23,26)/t16-/m0/s1. The second-order valence-corrected chi connectivity index (χ2v) is 8.14. The number of nitrogen functional groups attached to an aromatic ring is 1. The van der Waals surface area contributed by atoms with Gasteiger partial charge in [0.25, 0.3) is 0 Å². The molecule has 1 saturated heterocycles. The van der Waals surface area contributed by atoms with Crippen LogP contribution >= 0.6 is 0 Å². The van der Waals surface area contributed by atoms with Crippen molar-refractivity contribution in [1.82, 2.24) is 14.9 Å². The Labute approximate surface area is 160 Å². The van der Waals surface area contributed by atoms with Gasteiger partial charge in [-0.15, -0.1) is 0 Å². The molecule has 0 saturated carbocycles. The number of hydrogen-bond donors (Lipinski definition) is 2. The molecular weight excluding hydrogens is 342 g/mol. The predicted molar refractivity (Wildman–Crippen MR) is 107 cm³/mol. The molecule has 1 aliphatic rings. The fraction of sp³-hybridized carbons (Fsp3) is 0.500. The molecule has 0 unspecified atom stereocenters. The topological polar surface area (TPSA) is 85.4 Å². The Morgan fingerprint density at radius 1 is 1.30 bits per heavy atom. The molecule has 2 aromatic rings. The lowest BCUT2D eigenvalue weighted by Crippen LogP contribution is -2.49. The Hall–Kier alpha value is -2.70. The third-order valence-electron chi connectivity index (χ3n) is 4.44. The number of hydrogen-bond acceptors (Lipinski definition) is 5. The van der Waals surface area contributed by atoms with Crippen LogP contribution in [0.5, 0.6) is 0 Å². The number of ether oxygens (including phenoxy) is 1. The molecule has 3 rings (SSSR count). The summed E-state index contributed by atoms with van der Waals surface area (Å²) in [4.78, 5) is 18.6. The highest BCUT2D eigenvalue weighted by Gasteiger charge is 2.24. The third-order valence-corrected chi connectivity index (χ3v) is 4.44. The highest BCUT2D eigenvalue weighted by atomic mass is 16.6. The number of nitrogens with two attached hydrogens (primary N) is 1. The maximum absolute atomic E-state index is 12.1. The van der Waals surface area contributed by atoms with Crippen molar-refractivity contribution in [3.63, 3.8) is 0 Å². The van der Waals surface area contributed by atoms with Crippen LogP contribution in [0.15, 0.2) is 30.7 Å². The van der Waals surface area contributed by atoms with Crippen LogP contribution in [-0.2, 0) is 4.74 Å². The molecule has 7 heteroatoms. The van der Waals surface area contributed by atoms with E-state index in [1.165, 1.54) is 0 Å². The summed E-state index contributed by atoms with van der Waals surface area (Å²) in [7, 11) is 0. The van der Waals surface area contributed by atoms with Crippen molar-refractivity contribution >= 4 is 17.5 Å². The number of carbonyl (C=O) groups is 1. The molecule has 1 fully saturated rings. The van der Waals surface area contributed by atoms with Gasteiger partial charge in [0.1, 0.15) is 5.60 Å². The quantitative estimate of drug-likeness (QED) is 0.809. The van der Waals surface area contributed by atoms with E-state index in [0.717, 1.165) is 43.0 Å². The second-order valence-electron chi connectivity index (χ2n) is 8.14. The number of anilines is 2. The first-order valence-electron chi connectivity index (χ1n) is 9.35. The van der Waals surface area contributed by atoms with E-state index in [1.54, 1.807) is 6.33 Å². The molecule has 7 nitrogen and oxygen atoms in total. The normalized spacial score (nSPS) is 17.6. The maximum atomic E-state index is 12.1. The zero-order valence-electron chi connectivity index (χ0n) is 16.5. The molecule has 2 heterocycles. The first kappa shape index (κ1) is 19.1. The Morgan fingerprint density at radius 3 is 2.70 bits per heavy atom. The Balaban J connectivity index is 1.72. The van der Waals surface area contributed by atoms with Gasteiger partial charge in [0, 0.05) is 36.7 Å². The number of aromatic nitrogens is 2. The van der Waals surface area contributed by atoms with Gasteiger partial charge in [-0.3, -0.25) is 0 Å². The van der Waals surface area contributed by atoms with E-state index in [2.05, 4.69) is 21.3 Å². The smallest absolute Gasteiger partial charge is 0.407 e. The number of rotatable bonds is 3. The predicted octanol–water partition coefficient (Wildman–Crippen LogP) is 3.26. The molecule has 1 aliphatic heterocycles. The zero-order chi connectivity index (χ0) is 19.6. The summed E-state index contributed by atoms with van der Waals surface area (Å²) >= 11 is 0. The van der Waals surface area contributed by atoms with Gasteiger partial charge in [0.2, 0.25) is 0 Å². The molecule has 0 bridgehead atoms. The fourth-order valence-corrected chi connectivity index (χ4v) is 3.32. The highest BCUT2D eigenvalue weighted by Crippen LogP contribution is 2.26. The molecular formula is C20H29N5O2. The van der Waals surface area contributed by atoms with Crippen molar-refractivity contribution in [1.29, 1.82) is 0 Å². The van der Waals surface area contributed by atoms with Crippen molar-refractivity contribution < 1.29 is 9.53 Å². The number of piperidine rings is 1. The van der Waals surface area contributed by atoms with Crippen LogP contribution < -0.4 is 16.0 Å². The first-order chi connectivity index (χ1) is 12.7. The van der Waals surface area contributed by atoms with Crippen LogP contribution in [0.3, 0.4) is 0 Å². The number of carbonyl (C=O) groups excluding carboxylic acids is 1. The minimum absolute atomic E-state index is 0.0500. The zero-order valence-corrected chi connectivity index (χ0v) is 16.5. The van der Waals surface area contributed by atoms with Gasteiger partial charge >= 0.3 is 6.09 Å². The molecule has 0 radical (unpaired) electrons. The molecule has 146 valence electrons. The van der Waals surface area contributed by atoms with Crippen molar-refractivity contribution in [2.45, 2.75) is 52.2 Å².